The monoisotopic (exact) mass is 343 g/mol. The van der Waals surface area contributed by atoms with E-state index in [4.69, 9.17) is 9.84 Å². The first-order valence-corrected chi connectivity index (χ1v) is 7.34. The Labute approximate surface area is 140 Å². The van der Waals surface area contributed by atoms with Gasteiger partial charge in [0.1, 0.15) is 30.0 Å². The van der Waals surface area contributed by atoms with Crippen LogP contribution in [0.5, 0.6) is 11.5 Å². The molecule has 1 aromatic heterocycles. The minimum Gasteiger partial charge on any atom is -0.506 e. The molecule has 2 aromatic rings. The number of rotatable bonds is 3. The van der Waals surface area contributed by atoms with Crippen molar-refractivity contribution in [2.75, 3.05) is 6.54 Å². The Morgan fingerprint density at radius 3 is 2.84 bits per heavy atom. The third kappa shape index (κ3) is 2.53. The van der Waals surface area contributed by atoms with Crippen molar-refractivity contribution in [2.24, 2.45) is 0 Å². The SMILES string of the molecule is CC1Cn2c(=O)c(C(=O)NCC(=O)O)c(O)c3ccc(C#N)c(c32)O1. The fourth-order valence-corrected chi connectivity index (χ4v) is 2.83. The van der Waals surface area contributed by atoms with Crippen LogP contribution in [0, 0.1) is 11.3 Å². The van der Waals surface area contributed by atoms with Gasteiger partial charge in [-0.1, -0.05) is 0 Å². The van der Waals surface area contributed by atoms with Crippen molar-refractivity contribution in [3.63, 3.8) is 0 Å². The molecule has 1 aliphatic heterocycles. The van der Waals surface area contributed by atoms with Crippen LogP contribution < -0.4 is 15.6 Å². The first-order valence-electron chi connectivity index (χ1n) is 7.34. The summed E-state index contributed by atoms with van der Waals surface area (Å²) in [6.07, 6.45) is -0.428. The van der Waals surface area contributed by atoms with Gasteiger partial charge in [-0.05, 0) is 19.1 Å². The molecule has 9 heteroatoms. The van der Waals surface area contributed by atoms with Crippen molar-refractivity contribution in [1.29, 1.82) is 5.26 Å². The second kappa shape index (κ2) is 5.83. The van der Waals surface area contributed by atoms with Crippen molar-refractivity contribution in [3.8, 4) is 17.6 Å². The van der Waals surface area contributed by atoms with Crippen LogP contribution in [0.25, 0.3) is 10.9 Å². The van der Waals surface area contributed by atoms with Gasteiger partial charge in [-0.25, -0.2) is 0 Å². The molecule has 25 heavy (non-hydrogen) atoms. The molecule has 128 valence electrons. The van der Waals surface area contributed by atoms with Crippen LogP contribution in [-0.2, 0) is 11.3 Å². The molecule has 0 radical (unpaired) electrons. The molecule has 1 aliphatic rings. The van der Waals surface area contributed by atoms with Gasteiger partial charge in [-0.2, -0.15) is 5.26 Å². The molecule has 0 spiro atoms. The topological polar surface area (TPSA) is 142 Å². The zero-order valence-corrected chi connectivity index (χ0v) is 13.1. The molecule has 1 unspecified atom stereocenters. The zero-order chi connectivity index (χ0) is 18.3. The average Bonchev–Trinajstić information content (AvgIpc) is 2.57. The summed E-state index contributed by atoms with van der Waals surface area (Å²) in [6, 6.07) is 4.80. The highest BCUT2D eigenvalue weighted by Crippen LogP contribution is 2.37. The fraction of sp³-hybridized carbons (Fsp3) is 0.250. The zero-order valence-electron chi connectivity index (χ0n) is 13.1. The maximum atomic E-state index is 12.7. The van der Waals surface area contributed by atoms with E-state index in [0.717, 1.165) is 0 Å². The normalized spacial score (nSPS) is 15.3. The van der Waals surface area contributed by atoms with E-state index >= 15 is 0 Å². The molecule has 0 saturated heterocycles. The van der Waals surface area contributed by atoms with E-state index in [1.54, 1.807) is 6.92 Å². The van der Waals surface area contributed by atoms with E-state index in [1.807, 2.05) is 6.07 Å². The van der Waals surface area contributed by atoms with Crippen LogP contribution in [-0.4, -0.2) is 39.3 Å². The molecule has 2 heterocycles. The smallest absolute Gasteiger partial charge is 0.322 e. The largest absolute Gasteiger partial charge is 0.506 e. The molecule has 0 saturated carbocycles. The van der Waals surface area contributed by atoms with Crippen LogP contribution in [0.15, 0.2) is 16.9 Å². The van der Waals surface area contributed by atoms with Gasteiger partial charge >= 0.3 is 5.97 Å². The Bertz CT molecular complexity index is 1020. The van der Waals surface area contributed by atoms with Crippen molar-refractivity contribution in [2.45, 2.75) is 19.6 Å². The minimum absolute atomic E-state index is 0.122. The number of carbonyl (C=O) groups is 2. The third-order valence-corrected chi connectivity index (χ3v) is 3.86. The van der Waals surface area contributed by atoms with Gasteiger partial charge < -0.3 is 24.8 Å². The number of carbonyl (C=O) groups excluding carboxylic acids is 1. The fourth-order valence-electron chi connectivity index (χ4n) is 2.83. The van der Waals surface area contributed by atoms with Gasteiger partial charge in [0.15, 0.2) is 5.75 Å². The summed E-state index contributed by atoms with van der Waals surface area (Å²) in [5.74, 6) is -2.68. The summed E-state index contributed by atoms with van der Waals surface area (Å²) in [6.45, 7) is 1.14. The maximum absolute atomic E-state index is 12.7. The second-order valence-electron chi connectivity index (χ2n) is 5.59. The Balaban J connectivity index is 2.30. The number of amides is 1. The number of carboxylic acids is 1. The van der Waals surface area contributed by atoms with E-state index in [0.29, 0.717) is 0 Å². The Morgan fingerprint density at radius 2 is 2.20 bits per heavy atom. The number of hydrogen-bond acceptors (Lipinski definition) is 6. The van der Waals surface area contributed by atoms with Crippen LogP contribution in [0.2, 0.25) is 0 Å². The van der Waals surface area contributed by atoms with E-state index in [1.165, 1.54) is 16.7 Å². The standard InChI is InChI=1S/C16H13N3O6/c1-7-6-19-12-9(3-2-8(4-17)14(12)25-7)13(22)11(16(19)24)15(23)18-5-10(20)21/h2-3,7,22H,5-6H2,1H3,(H,18,23)(H,20,21). The number of carboxylic acid groups (broad SMARTS) is 1. The molecule has 3 N–H and O–H groups in total. The molecule has 3 rings (SSSR count). The van der Waals surface area contributed by atoms with Gasteiger partial charge in [0.25, 0.3) is 11.5 Å². The first-order chi connectivity index (χ1) is 11.8. The summed E-state index contributed by atoms with van der Waals surface area (Å²) in [7, 11) is 0. The number of nitrogens with one attached hydrogen (secondary N) is 1. The molecule has 0 fully saturated rings. The molecule has 0 bridgehead atoms. The number of aliphatic carboxylic acids is 1. The third-order valence-electron chi connectivity index (χ3n) is 3.86. The number of aromatic hydroxyl groups is 1. The maximum Gasteiger partial charge on any atom is 0.322 e. The molecule has 0 aliphatic carbocycles. The van der Waals surface area contributed by atoms with E-state index in [2.05, 4.69) is 5.32 Å². The summed E-state index contributed by atoms with van der Waals surface area (Å²) in [4.78, 5) is 35.5. The molecular formula is C16H13N3O6. The van der Waals surface area contributed by atoms with Gasteiger partial charge in [0.2, 0.25) is 0 Å². The molecule has 9 nitrogen and oxygen atoms in total. The van der Waals surface area contributed by atoms with Crippen molar-refractivity contribution < 1.29 is 24.5 Å². The van der Waals surface area contributed by atoms with Gasteiger partial charge in [0, 0.05) is 5.39 Å². The molecular weight excluding hydrogens is 330 g/mol. The molecule has 1 amide bonds. The highest BCUT2D eigenvalue weighted by molar-refractivity contribution is 6.04. The van der Waals surface area contributed by atoms with Crippen molar-refractivity contribution in [1.82, 2.24) is 9.88 Å². The predicted molar refractivity (Wildman–Crippen MR) is 84.6 cm³/mol. The number of aromatic nitrogens is 1. The summed E-state index contributed by atoms with van der Waals surface area (Å²) in [5, 5.41) is 30.5. The number of nitrogens with zero attached hydrogens (tertiary/aromatic N) is 2. The number of ether oxygens (including phenoxy) is 1. The first kappa shape index (κ1) is 16.3. The lowest BCUT2D eigenvalue weighted by molar-refractivity contribution is -0.135. The van der Waals surface area contributed by atoms with Gasteiger partial charge in [-0.15, -0.1) is 0 Å². The van der Waals surface area contributed by atoms with Crippen LogP contribution >= 0.6 is 0 Å². The van der Waals surface area contributed by atoms with E-state index < -0.39 is 41.4 Å². The summed E-state index contributed by atoms with van der Waals surface area (Å²) in [5.41, 5.74) is -0.887. The molecule has 1 aromatic carbocycles. The van der Waals surface area contributed by atoms with Crippen LogP contribution in [0.3, 0.4) is 0 Å². The Morgan fingerprint density at radius 1 is 1.48 bits per heavy atom. The van der Waals surface area contributed by atoms with Crippen molar-refractivity contribution in [3.05, 3.63) is 33.6 Å². The number of hydrogen-bond donors (Lipinski definition) is 3. The number of benzene rings is 1. The number of nitriles is 1. The van der Waals surface area contributed by atoms with Gasteiger partial charge in [0.05, 0.1) is 17.6 Å². The highest BCUT2D eigenvalue weighted by atomic mass is 16.5. The Kier molecular flexibility index (Phi) is 3.81. The Hall–Kier alpha value is -3.54. The van der Waals surface area contributed by atoms with E-state index in [-0.39, 0.29) is 28.8 Å². The summed E-state index contributed by atoms with van der Waals surface area (Å²) >= 11 is 0. The predicted octanol–water partition coefficient (Wildman–Crippen LogP) is 0.174. The lowest BCUT2D eigenvalue weighted by atomic mass is 10.0. The summed E-state index contributed by atoms with van der Waals surface area (Å²) < 4.78 is 6.90. The van der Waals surface area contributed by atoms with Crippen LogP contribution in [0.1, 0.15) is 22.8 Å². The highest BCUT2D eigenvalue weighted by Gasteiger charge is 2.29. The lowest BCUT2D eigenvalue weighted by Crippen LogP contribution is -2.39. The lowest BCUT2D eigenvalue weighted by Gasteiger charge is -2.27. The second-order valence-corrected chi connectivity index (χ2v) is 5.59. The molecule has 1 atom stereocenters. The van der Waals surface area contributed by atoms with Crippen LogP contribution in [0.4, 0.5) is 0 Å². The average molecular weight is 343 g/mol. The quantitative estimate of drug-likeness (QED) is 0.721. The van der Waals surface area contributed by atoms with Crippen molar-refractivity contribution >= 4 is 22.8 Å². The van der Waals surface area contributed by atoms with Gasteiger partial charge in [-0.3, -0.25) is 14.4 Å². The number of pyridine rings is 1. The van der Waals surface area contributed by atoms with E-state index in [9.17, 15) is 24.8 Å². The minimum atomic E-state index is -1.28.